The number of aliphatic hydroxyl groups excluding tert-OH is 1. The van der Waals surface area contributed by atoms with Gasteiger partial charge in [-0.05, 0) is 18.2 Å². The standard InChI is InChI=1S/C6H5Cl2N.CH4O.H3NO3S/c7-4-1-2-6(9)5(8)3-4;1-2;1-5(2,3)4/h1-3H,9H2;2H,1H3;(H3,1,2,3,4). The van der Waals surface area contributed by atoms with E-state index in [2.05, 4.69) is 5.14 Å². The normalized spacial score (nSPS) is 9.38. The largest absolute Gasteiger partial charge is 0.400 e. The van der Waals surface area contributed by atoms with Gasteiger partial charge in [-0.15, -0.1) is 0 Å². The summed E-state index contributed by atoms with van der Waals surface area (Å²) in [7, 11) is -3.17. The van der Waals surface area contributed by atoms with Gasteiger partial charge in [-0.3, -0.25) is 4.55 Å². The first-order chi connectivity index (χ1) is 7.20. The van der Waals surface area contributed by atoms with Gasteiger partial charge in [0.1, 0.15) is 0 Å². The molecule has 0 spiro atoms. The van der Waals surface area contributed by atoms with Crippen LogP contribution >= 0.6 is 23.2 Å². The summed E-state index contributed by atoms with van der Waals surface area (Å²) in [6, 6.07) is 4.98. The predicted octanol–water partition coefficient (Wildman–Crippen LogP) is 0.932. The van der Waals surface area contributed by atoms with Crippen LogP contribution in [0.15, 0.2) is 18.2 Å². The highest BCUT2D eigenvalue weighted by atomic mass is 35.5. The van der Waals surface area contributed by atoms with Gasteiger partial charge in [0, 0.05) is 12.1 Å². The van der Waals surface area contributed by atoms with E-state index in [0.29, 0.717) is 15.7 Å². The van der Waals surface area contributed by atoms with E-state index in [4.69, 9.17) is 47.0 Å². The van der Waals surface area contributed by atoms with Gasteiger partial charge in [0.15, 0.2) is 0 Å². The first-order valence-corrected chi connectivity index (χ1v) is 5.86. The van der Waals surface area contributed by atoms with E-state index in [1.165, 1.54) is 0 Å². The minimum Gasteiger partial charge on any atom is -0.400 e. The third kappa shape index (κ3) is 13.4. The highest BCUT2D eigenvalue weighted by Gasteiger charge is 1.93. The molecule has 0 amide bonds. The Morgan fingerprint density at radius 3 is 1.88 bits per heavy atom. The number of rotatable bonds is 0. The number of nitrogens with two attached hydrogens (primary N) is 2. The van der Waals surface area contributed by atoms with Crippen molar-refractivity contribution in [2.75, 3.05) is 12.8 Å². The average Bonchev–Trinajstić information content (AvgIpc) is 2.13. The molecule has 6 nitrogen and oxygen atoms in total. The Balaban J connectivity index is 0. The molecule has 0 heterocycles. The maximum Gasteiger partial charge on any atom is 0.330 e. The van der Waals surface area contributed by atoms with Crippen molar-refractivity contribution in [1.82, 2.24) is 0 Å². The van der Waals surface area contributed by atoms with Crippen LogP contribution in [0, 0.1) is 0 Å². The van der Waals surface area contributed by atoms with Gasteiger partial charge in [0.2, 0.25) is 0 Å². The summed E-state index contributed by atoms with van der Waals surface area (Å²) in [5.74, 6) is 0. The molecule has 6 N–H and O–H groups in total. The number of anilines is 1. The molecular formula is C7H12Cl2N2O4S. The second-order valence-corrected chi connectivity index (χ2v) is 4.05. The zero-order chi connectivity index (χ0) is 13.4. The third-order valence-electron chi connectivity index (χ3n) is 0.962. The van der Waals surface area contributed by atoms with Gasteiger partial charge in [-0.2, -0.15) is 8.42 Å². The summed E-state index contributed by atoms with van der Waals surface area (Å²) < 4.78 is 25.2. The molecule has 94 valence electrons. The fourth-order valence-corrected chi connectivity index (χ4v) is 0.910. The Labute approximate surface area is 104 Å². The zero-order valence-corrected chi connectivity index (χ0v) is 10.6. The second-order valence-electron chi connectivity index (χ2n) is 2.18. The van der Waals surface area contributed by atoms with E-state index in [1.807, 2.05) is 0 Å². The minimum atomic E-state index is -4.17. The number of halogens is 2. The number of benzene rings is 1. The van der Waals surface area contributed by atoms with Crippen molar-refractivity contribution in [3.05, 3.63) is 28.2 Å². The van der Waals surface area contributed by atoms with Crippen molar-refractivity contribution in [1.29, 1.82) is 0 Å². The van der Waals surface area contributed by atoms with Crippen LogP contribution < -0.4 is 10.9 Å². The predicted molar refractivity (Wildman–Crippen MR) is 64.8 cm³/mol. The molecule has 1 aromatic carbocycles. The fourth-order valence-electron chi connectivity index (χ4n) is 0.502. The number of hydrogen-bond acceptors (Lipinski definition) is 4. The Bertz CT molecular complexity index is 403. The van der Waals surface area contributed by atoms with Crippen LogP contribution in [0.25, 0.3) is 0 Å². The van der Waals surface area contributed by atoms with Crippen molar-refractivity contribution < 1.29 is 18.1 Å². The maximum absolute atomic E-state index is 8.97. The minimum absolute atomic E-state index is 0.502. The molecule has 0 bridgehead atoms. The smallest absolute Gasteiger partial charge is 0.330 e. The first kappa shape index (κ1) is 17.8. The van der Waals surface area contributed by atoms with Crippen LogP contribution in [0.5, 0.6) is 0 Å². The molecule has 0 saturated heterocycles. The van der Waals surface area contributed by atoms with Crippen LogP contribution in [0.3, 0.4) is 0 Å². The molecule has 0 radical (unpaired) electrons. The molecule has 16 heavy (non-hydrogen) atoms. The van der Waals surface area contributed by atoms with E-state index < -0.39 is 10.3 Å². The molecule has 1 aromatic rings. The third-order valence-corrected chi connectivity index (χ3v) is 1.52. The van der Waals surface area contributed by atoms with Crippen LogP contribution in [0.2, 0.25) is 10.0 Å². The molecule has 0 aliphatic carbocycles. The van der Waals surface area contributed by atoms with Crippen LogP contribution in [-0.2, 0) is 10.3 Å². The van der Waals surface area contributed by atoms with Crippen LogP contribution in [0.4, 0.5) is 5.69 Å². The summed E-state index contributed by atoms with van der Waals surface area (Å²) in [6.45, 7) is 0. The summed E-state index contributed by atoms with van der Waals surface area (Å²) in [5.41, 5.74) is 5.95. The zero-order valence-electron chi connectivity index (χ0n) is 8.26. The SMILES string of the molecule is CO.NS(=O)(=O)O.Nc1ccc(Cl)cc1Cl. The summed E-state index contributed by atoms with van der Waals surface area (Å²) in [4.78, 5) is 0. The molecule has 0 aliphatic rings. The lowest BCUT2D eigenvalue weighted by Crippen LogP contribution is -2.08. The molecule has 0 unspecified atom stereocenters. The Hall–Kier alpha value is -0.570. The van der Waals surface area contributed by atoms with E-state index in [1.54, 1.807) is 18.2 Å². The highest BCUT2D eigenvalue weighted by Crippen LogP contribution is 2.21. The number of hydrogen-bond donors (Lipinski definition) is 4. The molecule has 0 saturated carbocycles. The molecule has 0 aliphatic heterocycles. The lowest BCUT2D eigenvalue weighted by atomic mass is 10.3. The van der Waals surface area contributed by atoms with Crippen molar-refractivity contribution >= 4 is 39.2 Å². The Kier molecular flexibility index (Phi) is 9.54. The first-order valence-electron chi connectivity index (χ1n) is 3.60. The summed E-state index contributed by atoms with van der Waals surface area (Å²) >= 11 is 11.2. The molecule has 0 aromatic heterocycles. The van der Waals surface area contributed by atoms with E-state index in [-0.39, 0.29) is 0 Å². The van der Waals surface area contributed by atoms with Gasteiger partial charge in [0.25, 0.3) is 0 Å². The van der Waals surface area contributed by atoms with Crippen molar-refractivity contribution in [2.24, 2.45) is 5.14 Å². The fraction of sp³-hybridized carbons (Fsp3) is 0.143. The van der Waals surface area contributed by atoms with Crippen LogP contribution in [-0.4, -0.2) is 25.2 Å². The van der Waals surface area contributed by atoms with Gasteiger partial charge in [-0.25, -0.2) is 5.14 Å². The number of nitrogen functional groups attached to an aromatic ring is 1. The van der Waals surface area contributed by atoms with Crippen molar-refractivity contribution in [3.8, 4) is 0 Å². The van der Waals surface area contributed by atoms with E-state index in [9.17, 15) is 0 Å². The lowest BCUT2D eigenvalue weighted by Gasteiger charge is -1.94. The topological polar surface area (TPSA) is 127 Å². The molecule has 9 heteroatoms. The molecular weight excluding hydrogens is 279 g/mol. The quantitative estimate of drug-likeness (QED) is 0.418. The van der Waals surface area contributed by atoms with Gasteiger partial charge >= 0.3 is 10.3 Å². The summed E-state index contributed by atoms with van der Waals surface area (Å²) in [5, 5.41) is 12.0. The molecule has 0 atom stereocenters. The van der Waals surface area contributed by atoms with Gasteiger partial charge < -0.3 is 10.8 Å². The molecule has 0 fully saturated rings. The van der Waals surface area contributed by atoms with Gasteiger partial charge in [-0.1, -0.05) is 23.2 Å². The lowest BCUT2D eigenvalue weighted by molar-refractivity contribution is 0.399. The second kappa shape index (κ2) is 8.57. The average molecular weight is 291 g/mol. The van der Waals surface area contributed by atoms with Crippen molar-refractivity contribution in [2.45, 2.75) is 0 Å². The van der Waals surface area contributed by atoms with E-state index in [0.717, 1.165) is 7.11 Å². The van der Waals surface area contributed by atoms with Gasteiger partial charge in [0.05, 0.1) is 10.7 Å². The monoisotopic (exact) mass is 290 g/mol. The van der Waals surface area contributed by atoms with E-state index >= 15 is 0 Å². The molecule has 1 rings (SSSR count). The Morgan fingerprint density at radius 2 is 1.62 bits per heavy atom. The summed E-state index contributed by atoms with van der Waals surface area (Å²) in [6.07, 6.45) is 0. The Morgan fingerprint density at radius 1 is 1.25 bits per heavy atom. The maximum atomic E-state index is 8.97. The van der Waals surface area contributed by atoms with Crippen LogP contribution in [0.1, 0.15) is 0 Å². The highest BCUT2D eigenvalue weighted by molar-refractivity contribution is 7.83. The van der Waals surface area contributed by atoms with Crippen molar-refractivity contribution in [3.63, 3.8) is 0 Å². The number of aliphatic hydroxyl groups is 1.